The fraction of sp³-hybridized carbons (Fsp3) is 0.243. The average Bonchev–Trinajstić information content (AvgIpc) is 3.03. The molecule has 49 heavy (non-hydrogen) atoms. The number of benzene rings is 4. The molecule has 0 saturated heterocycles. The number of ether oxygens (including phenoxy) is 4. The zero-order valence-corrected chi connectivity index (χ0v) is 27.0. The van der Waals surface area contributed by atoms with Crippen LogP contribution in [-0.2, 0) is 25.6 Å². The lowest BCUT2D eigenvalue weighted by Crippen LogP contribution is -2.20. The topological polar surface area (TPSA) is 186 Å². The van der Waals surface area contributed by atoms with E-state index in [1.807, 2.05) is 30.3 Å². The van der Waals surface area contributed by atoms with E-state index in [-0.39, 0.29) is 46.6 Å². The van der Waals surface area contributed by atoms with E-state index in [4.69, 9.17) is 18.9 Å². The zero-order chi connectivity index (χ0) is 35.7. The summed E-state index contributed by atoms with van der Waals surface area (Å²) in [4.78, 5) is 52.5. The molecule has 4 aromatic carbocycles. The second-order valence-electron chi connectivity index (χ2n) is 11.3. The predicted molar refractivity (Wildman–Crippen MR) is 176 cm³/mol. The van der Waals surface area contributed by atoms with Gasteiger partial charge in [0.25, 0.3) is 0 Å². The molecule has 0 aliphatic carbocycles. The SMILES string of the molecule is CC(=O)Oc1c(OC(=O)CCc2ccccc2)c(-c2ccc(O)cc2)c(OC(=O)CC(C)O)c(OC(=O)CC(C)O)c1-c1ccc(O)cc1. The Morgan fingerprint density at radius 3 is 1.35 bits per heavy atom. The first-order valence-electron chi connectivity index (χ1n) is 15.4. The van der Waals surface area contributed by atoms with E-state index in [9.17, 15) is 39.6 Å². The van der Waals surface area contributed by atoms with Crippen LogP contribution in [0.2, 0.25) is 0 Å². The third-order valence-electron chi connectivity index (χ3n) is 6.91. The summed E-state index contributed by atoms with van der Waals surface area (Å²) >= 11 is 0. The Kier molecular flexibility index (Phi) is 12.1. The van der Waals surface area contributed by atoms with Gasteiger partial charge < -0.3 is 39.4 Å². The summed E-state index contributed by atoms with van der Waals surface area (Å²) in [6, 6.07) is 19.9. The molecule has 256 valence electrons. The highest BCUT2D eigenvalue weighted by Crippen LogP contribution is 2.57. The maximum atomic E-state index is 13.5. The fourth-order valence-electron chi connectivity index (χ4n) is 4.82. The van der Waals surface area contributed by atoms with Crippen LogP contribution in [0.5, 0.6) is 34.5 Å². The molecule has 0 saturated carbocycles. The minimum Gasteiger partial charge on any atom is -0.508 e. The van der Waals surface area contributed by atoms with Crippen LogP contribution >= 0.6 is 0 Å². The predicted octanol–water partition coefficient (Wildman–Crippen LogP) is 5.25. The van der Waals surface area contributed by atoms with Crippen LogP contribution in [0, 0.1) is 0 Å². The van der Waals surface area contributed by atoms with Crippen LogP contribution in [0.15, 0.2) is 78.9 Å². The van der Waals surface area contributed by atoms with Crippen LogP contribution in [0.3, 0.4) is 0 Å². The van der Waals surface area contributed by atoms with Crippen molar-refractivity contribution in [2.45, 2.75) is 58.7 Å². The molecule has 4 N–H and O–H groups in total. The summed E-state index contributed by atoms with van der Waals surface area (Å²) in [5.74, 6) is -5.56. The Morgan fingerprint density at radius 2 is 0.959 bits per heavy atom. The van der Waals surface area contributed by atoms with Gasteiger partial charge in [-0.25, -0.2) is 0 Å². The van der Waals surface area contributed by atoms with Crippen molar-refractivity contribution >= 4 is 23.9 Å². The highest BCUT2D eigenvalue weighted by Gasteiger charge is 2.35. The summed E-state index contributed by atoms with van der Waals surface area (Å²) in [6.45, 7) is 3.81. The van der Waals surface area contributed by atoms with E-state index in [1.54, 1.807) is 0 Å². The van der Waals surface area contributed by atoms with Gasteiger partial charge in [0.15, 0.2) is 23.0 Å². The Bertz CT molecular complexity index is 1790. The Balaban J connectivity index is 2.10. The number of aliphatic hydroxyl groups is 2. The number of aliphatic hydroxyl groups excluding tert-OH is 2. The maximum Gasteiger partial charge on any atom is 0.313 e. The lowest BCUT2D eigenvalue weighted by atomic mass is 9.94. The van der Waals surface area contributed by atoms with E-state index in [0.717, 1.165) is 12.5 Å². The molecular formula is C37H36O12. The third kappa shape index (κ3) is 9.89. The molecule has 0 aliphatic rings. The van der Waals surface area contributed by atoms with E-state index < -0.39 is 71.9 Å². The number of phenolic OH excluding ortho intramolecular Hbond substituents is 2. The number of aryl methyl sites for hydroxylation is 1. The van der Waals surface area contributed by atoms with Crippen LogP contribution in [0.1, 0.15) is 45.6 Å². The minimum atomic E-state index is -1.14. The number of carbonyl (C=O) groups excluding carboxylic acids is 4. The average molecular weight is 673 g/mol. The van der Waals surface area contributed by atoms with Crippen molar-refractivity contribution in [3.05, 3.63) is 84.4 Å². The van der Waals surface area contributed by atoms with E-state index in [0.29, 0.717) is 0 Å². The van der Waals surface area contributed by atoms with Crippen molar-refractivity contribution in [2.24, 2.45) is 0 Å². The summed E-state index contributed by atoms with van der Waals surface area (Å²) in [7, 11) is 0. The largest absolute Gasteiger partial charge is 0.508 e. The molecule has 4 rings (SSSR count). The number of hydrogen-bond acceptors (Lipinski definition) is 12. The lowest BCUT2D eigenvalue weighted by Gasteiger charge is -2.25. The molecule has 0 spiro atoms. The second-order valence-corrected chi connectivity index (χ2v) is 11.3. The number of aromatic hydroxyl groups is 2. The highest BCUT2D eigenvalue weighted by molar-refractivity contribution is 5.98. The molecule has 0 aliphatic heterocycles. The smallest absolute Gasteiger partial charge is 0.313 e. The summed E-state index contributed by atoms with van der Waals surface area (Å²) in [5, 5.41) is 40.0. The summed E-state index contributed by atoms with van der Waals surface area (Å²) < 4.78 is 23.2. The van der Waals surface area contributed by atoms with Crippen LogP contribution < -0.4 is 18.9 Å². The molecule has 0 amide bonds. The summed E-state index contributed by atoms with van der Waals surface area (Å²) in [5.41, 5.74) is 0.826. The van der Waals surface area contributed by atoms with E-state index in [1.165, 1.54) is 62.4 Å². The van der Waals surface area contributed by atoms with E-state index in [2.05, 4.69) is 0 Å². The van der Waals surface area contributed by atoms with Crippen LogP contribution in [0.25, 0.3) is 22.3 Å². The number of phenols is 2. The zero-order valence-electron chi connectivity index (χ0n) is 27.0. The number of rotatable bonds is 13. The molecular weight excluding hydrogens is 636 g/mol. The van der Waals surface area contributed by atoms with Gasteiger partial charge in [0.05, 0.1) is 36.2 Å². The Hall–Kier alpha value is -5.72. The van der Waals surface area contributed by atoms with Gasteiger partial charge in [0, 0.05) is 13.3 Å². The molecule has 12 nitrogen and oxygen atoms in total. The first-order valence-corrected chi connectivity index (χ1v) is 15.4. The maximum absolute atomic E-state index is 13.5. The first-order chi connectivity index (χ1) is 23.3. The van der Waals surface area contributed by atoms with Crippen molar-refractivity contribution in [1.82, 2.24) is 0 Å². The molecule has 2 unspecified atom stereocenters. The number of hydrogen-bond donors (Lipinski definition) is 4. The normalized spacial score (nSPS) is 12.0. The molecule has 0 heterocycles. The van der Waals surface area contributed by atoms with Crippen molar-refractivity contribution < 1.29 is 58.6 Å². The Labute approximate surface area is 282 Å². The second kappa shape index (κ2) is 16.4. The Morgan fingerprint density at radius 1 is 0.571 bits per heavy atom. The van der Waals surface area contributed by atoms with Gasteiger partial charge in [0.2, 0.25) is 0 Å². The fourth-order valence-corrected chi connectivity index (χ4v) is 4.82. The summed E-state index contributed by atoms with van der Waals surface area (Å²) in [6.07, 6.45) is -3.12. The van der Waals surface area contributed by atoms with Crippen molar-refractivity contribution in [1.29, 1.82) is 0 Å². The van der Waals surface area contributed by atoms with Crippen molar-refractivity contribution in [3.8, 4) is 56.8 Å². The molecule has 2 atom stereocenters. The monoisotopic (exact) mass is 672 g/mol. The first kappa shape index (κ1) is 36.1. The van der Waals surface area contributed by atoms with Gasteiger partial charge in [-0.15, -0.1) is 0 Å². The van der Waals surface area contributed by atoms with Crippen molar-refractivity contribution in [3.63, 3.8) is 0 Å². The molecule has 0 bridgehead atoms. The molecule has 0 radical (unpaired) electrons. The standard InChI is InChI=1S/C37H36O12/c1-21(38)19-30(44)48-36-32(25-10-14-27(41)15-11-25)34(46-23(3)40)35(47-29(43)18-9-24-7-5-4-6-8-24)33(26-12-16-28(42)17-13-26)37(36)49-31(45)20-22(2)39/h4-8,10-17,21-22,38-39,41-42H,9,18-20H2,1-3H3. The lowest BCUT2D eigenvalue weighted by molar-refractivity contribution is -0.139. The quantitative estimate of drug-likeness (QED) is 0.107. The molecule has 12 heteroatoms. The molecule has 4 aromatic rings. The minimum absolute atomic E-state index is 0.130. The highest BCUT2D eigenvalue weighted by atomic mass is 16.6. The van der Waals surface area contributed by atoms with Gasteiger partial charge in [-0.05, 0) is 61.2 Å². The van der Waals surface area contributed by atoms with Crippen LogP contribution in [0.4, 0.5) is 0 Å². The van der Waals surface area contributed by atoms with Gasteiger partial charge >= 0.3 is 23.9 Å². The number of esters is 4. The van der Waals surface area contributed by atoms with Crippen molar-refractivity contribution in [2.75, 3.05) is 0 Å². The van der Waals surface area contributed by atoms with Gasteiger partial charge in [-0.1, -0.05) is 54.6 Å². The van der Waals surface area contributed by atoms with Gasteiger partial charge in [0.1, 0.15) is 11.5 Å². The van der Waals surface area contributed by atoms with Gasteiger partial charge in [-0.3, -0.25) is 19.2 Å². The molecule has 0 fully saturated rings. The van der Waals surface area contributed by atoms with Gasteiger partial charge in [-0.2, -0.15) is 0 Å². The number of carbonyl (C=O) groups is 4. The van der Waals surface area contributed by atoms with Crippen LogP contribution in [-0.4, -0.2) is 56.5 Å². The van der Waals surface area contributed by atoms with E-state index >= 15 is 0 Å². The third-order valence-corrected chi connectivity index (χ3v) is 6.91. The molecule has 0 aromatic heterocycles.